The highest BCUT2D eigenvalue weighted by atomic mass is 16.5. The van der Waals surface area contributed by atoms with E-state index >= 15 is 0 Å². The van der Waals surface area contributed by atoms with Gasteiger partial charge in [-0.1, -0.05) is 0 Å². The van der Waals surface area contributed by atoms with Crippen LogP contribution in [-0.2, 0) is 22.5 Å². The predicted octanol–water partition coefficient (Wildman–Crippen LogP) is 0.777. The first-order valence-corrected chi connectivity index (χ1v) is 6.02. The lowest BCUT2D eigenvalue weighted by Crippen LogP contribution is -2.28. The molecule has 2 aliphatic heterocycles. The van der Waals surface area contributed by atoms with Gasteiger partial charge < -0.3 is 14.4 Å². The first-order valence-electron chi connectivity index (χ1n) is 6.02. The second-order valence-electron chi connectivity index (χ2n) is 4.66. The Balaban J connectivity index is 1.88. The molecule has 0 aliphatic carbocycles. The molecule has 0 aromatic carbocycles. The Labute approximate surface area is 98.6 Å². The maximum atomic E-state index is 11.0. The number of carboxylic acids is 1. The molecule has 0 bridgehead atoms. The van der Waals surface area contributed by atoms with Gasteiger partial charge in [-0.15, -0.1) is 10.2 Å². The number of aromatic nitrogens is 3. The molecule has 92 valence electrons. The third kappa shape index (κ3) is 1.82. The van der Waals surface area contributed by atoms with Gasteiger partial charge in [0.25, 0.3) is 0 Å². The fourth-order valence-electron chi connectivity index (χ4n) is 2.57. The first kappa shape index (κ1) is 10.7. The fourth-order valence-corrected chi connectivity index (χ4v) is 2.57. The molecule has 6 heteroatoms. The van der Waals surface area contributed by atoms with E-state index in [2.05, 4.69) is 10.2 Å². The normalized spacial score (nSPS) is 28.0. The van der Waals surface area contributed by atoms with Crippen LogP contribution in [0.2, 0.25) is 0 Å². The van der Waals surface area contributed by atoms with Gasteiger partial charge in [-0.25, -0.2) is 0 Å². The second kappa shape index (κ2) is 4.10. The van der Waals surface area contributed by atoms with Crippen LogP contribution < -0.4 is 0 Å². The number of rotatable bonds is 2. The Hall–Kier alpha value is -1.43. The zero-order chi connectivity index (χ0) is 11.8. The second-order valence-corrected chi connectivity index (χ2v) is 4.66. The van der Waals surface area contributed by atoms with Crippen molar-refractivity contribution in [3.8, 4) is 0 Å². The van der Waals surface area contributed by atoms with Gasteiger partial charge >= 0.3 is 5.97 Å². The topological polar surface area (TPSA) is 77.2 Å². The number of fused-ring (bicyclic) bond motifs is 1. The summed E-state index contributed by atoms with van der Waals surface area (Å²) in [6, 6.07) is 0. The number of hydrogen-bond acceptors (Lipinski definition) is 4. The largest absolute Gasteiger partial charge is 0.481 e. The molecule has 2 atom stereocenters. The lowest BCUT2D eigenvalue weighted by molar-refractivity contribution is -0.142. The van der Waals surface area contributed by atoms with Crippen molar-refractivity contribution in [1.29, 1.82) is 0 Å². The highest BCUT2D eigenvalue weighted by molar-refractivity contribution is 5.70. The molecule has 1 fully saturated rings. The summed E-state index contributed by atoms with van der Waals surface area (Å²) in [7, 11) is 0. The van der Waals surface area contributed by atoms with Crippen LogP contribution in [-0.4, -0.2) is 32.4 Å². The van der Waals surface area contributed by atoms with E-state index in [4.69, 9.17) is 9.84 Å². The highest BCUT2D eigenvalue weighted by Gasteiger charge is 2.31. The van der Waals surface area contributed by atoms with Gasteiger partial charge in [0.05, 0.1) is 5.92 Å². The summed E-state index contributed by atoms with van der Waals surface area (Å²) in [6.45, 7) is 1.24. The van der Waals surface area contributed by atoms with Crippen LogP contribution in [0.25, 0.3) is 0 Å². The van der Waals surface area contributed by atoms with Crippen molar-refractivity contribution >= 4 is 5.97 Å². The summed E-state index contributed by atoms with van der Waals surface area (Å²) >= 11 is 0. The summed E-state index contributed by atoms with van der Waals surface area (Å²) < 4.78 is 7.53. The molecule has 1 aromatic heterocycles. The van der Waals surface area contributed by atoms with Crippen molar-refractivity contribution in [2.45, 2.75) is 38.3 Å². The molecule has 3 heterocycles. The Kier molecular flexibility index (Phi) is 2.58. The van der Waals surface area contributed by atoms with Crippen molar-refractivity contribution < 1.29 is 14.6 Å². The van der Waals surface area contributed by atoms with Gasteiger partial charge in [0, 0.05) is 19.6 Å². The van der Waals surface area contributed by atoms with Crippen molar-refractivity contribution in [1.82, 2.24) is 14.8 Å². The molecule has 0 saturated carbocycles. The molecular formula is C11H15N3O3. The number of carboxylic acid groups (broad SMARTS) is 1. The minimum Gasteiger partial charge on any atom is -0.481 e. The average Bonchev–Trinajstić information content (AvgIpc) is 2.96. The molecule has 1 N–H and O–H groups in total. The Bertz CT molecular complexity index is 437. The zero-order valence-electron chi connectivity index (χ0n) is 9.50. The summed E-state index contributed by atoms with van der Waals surface area (Å²) in [5.74, 6) is 0.651. The maximum absolute atomic E-state index is 11.0. The first-order chi connectivity index (χ1) is 8.25. The maximum Gasteiger partial charge on any atom is 0.308 e. The summed E-state index contributed by atoms with van der Waals surface area (Å²) in [6.07, 6.45) is 3.34. The quantitative estimate of drug-likeness (QED) is 0.822. The monoisotopic (exact) mass is 237 g/mol. The zero-order valence-corrected chi connectivity index (χ0v) is 9.50. The molecule has 1 aromatic rings. The molecule has 0 amide bonds. The highest BCUT2D eigenvalue weighted by Crippen LogP contribution is 2.30. The Morgan fingerprint density at radius 1 is 1.41 bits per heavy atom. The third-order valence-electron chi connectivity index (χ3n) is 3.54. The van der Waals surface area contributed by atoms with Crippen LogP contribution in [0.5, 0.6) is 0 Å². The van der Waals surface area contributed by atoms with Crippen LogP contribution in [0, 0.1) is 5.92 Å². The van der Waals surface area contributed by atoms with Gasteiger partial charge in [0.1, 0.15) is 11.9 Å². The van der Waals surface area contributed by atoms with E-state index in [1.54, 1.807) is 0 Å². The van der Waals surface area contributed by atoms with E-state index in [0.29, 0.717) is 19.4 Å². The SMILES string of the molecule is O=C(O)C1CCc2nnc(C3CCCO3)n2C1. The van der Waals surface area contributed by atoms with Crippen LogP contribution in [0.1, 0.15) is 37.0 Å². The van der Waals surface area contributed by atoms with E-state index < -0.39 is 5.97 Å². The fraction of sp³-hybridized carbons (Fsp3) is 0.727. The van der Waals surface area contributed by atoms with E-state index in [0.717, 1.165) is 31.1 Å². The van der Waals surface area contributed by atoms with Crippen LogP contribution >= 0.6 is 0 Å². The molecule has 17 heavy (non-hydrogen) atoms. The number of hydrogen-bond donors (Lipinski definition) is 1. The van der Waals surface area contributed by atoms with Gasteiger partial charge in [-0.3, -0.25) is 4.79 Å². The average molecular weight is 237 g/mol. The molecule has 0 radical (unpaired) electrons. The van der Waals surface area contributed by atoms with Crippen LogP contribution in [0.3, 0.4) is 0 Å². The predicted molar refractivity (Wildman–Crippen MR) is 57.4 cm³/mol. The molecule has 6 nitrogen and oxygen atoms in total. The molecule has 3 rings (SSSR count). The third-order valence-corrected chi connectivity index (χ3v) is 3.54. The summed E-state index contributed by atoms with van der Waals surface area (Å²) in [4.78, 5) is 11.0. The lowest BCUT2D eigenvalue weighted by Gasteiger charge is -2.22. The van der Waals surface area contributed by atoms with E-state index in [1.807, 2.05) is 4.57 Å². The number of carbonyl (C=O) groups is 1. The Morgan fingerprint density at radius 2 is 2.29 bits per heavy atom. The van der Waals surface area contributed by atoms with Crippen molar-refractivity contribution in [3.63, 3.8) is 0 Å². The van der Waals surface area contributed by atoms with E-state index in [9.17, 15) is 4.79 Å². The number of nitrogens with zero attached hydrogens (tertiary/aromatic N) is 3. The number of aliphatic carboxylic acids is 1. The summed E-state index contributed by atoms with van der Waals surface area (Å²) in [5.41, 5.74) is 0. The van der Waals surface area contributed by atoms with Crippen LogP contribution in [0.4, 0.5) is 0 Å². The van der Waals surface area contributed by atoms with Crippen molar-refractivity contribution in [2.75, 3.05) is 6.61 Å². The molecule has 2 unspecified atom stereocenters. The standard InChI is InChI=1S/C11H15N3O3/c15-11(16)7-3-4-9-12-13-10(14(9)6-7)8-2-1-5-17-8/h7-8H,1-6H2,(H,15,16). The van der Waals surface area contributed by atoms with Gasteiger partial charge in [-0.2, -0.15) is 0 Å². The van der Waals surface area contributed by atoms with Gasteiger partial charge in [0.15, 0.2) is 5.82 Å². The van der Waals surface area contributed by atoms with E-state index in [1.165, 1.54) is 0 Å². The minimum atomic E-state index is -0.734. The molecule has 0 spiro atoms. The van der Waals surface area contributed by atoms with Crippen molar-refractivity contribution in [2.24, 2.45) is 5.92 Å². The van der Waals surface area contributed by atoms with Crippen molar-refractivity contribution in [3.05, 3.63) is 11.6 Å². The van der Waals surface area contributed by atoms with Gasteiger partial charge in [-0.05, 0) is 19.3 Å². The molecule has 1 saturated heterocycles. The lowest BCUT2D eigenvalue weighted by atomic mass is 9.99. The smallest absolute Gasteiger partial charge is 0.308 e. The van der Waals surface area contributed by atoms with Gasteiger partial charge in [0.2, 0.25) is 0 Å². The molecule has 2 aliphatic rings. The number of aryl methyl sites for hydroxylation is 1. The summed E-state index contributed by atoms with van der Waals surface area (Å²) in [5, 5.41) is 17.4. The minimum absolute atomic E-state index is 0.00351. The number of ether oxygens (including phenoxy) is 1. The Morgan fingerprint density at radius 3 is 3.00 bits per heavy atom. The van der Waals surface area contributed by atoms with E-state index in [-0.39, 0.29) is 12.0 Å². The molecular weight excluding hydrogens is 222 g/mol. The van der Waals surface area contributed by atoms with Crippen LogP contribution in [0.15, 0.2) is 0 Å².